The van der Waals surface area contributed by atoms with Gasteiger partial charge < -0.3 is 9.73 Å². The van der Waals surface area contributed by atoms with Gasteiger partial charge in [0.05, 0.1) is 18.4 Å². The number of nitrogens with one attached hydrogen (secondary N) is 2. The molecule has 0 aliphatic carbocycles. The fourth-order valence-corrected chi connectivity index (χ4v) is 3.47. The minimum Gasteiger partial charge on any atom is -0.459 e. The highest BCUT2D eigenvalue weighted by atomic mass is 35.5. The van der Waals surface area contributed by atoms with Gasteiger partial charge in [0, 0.05) is 16.4 Å². The first-order valence-corrected chi connectivity index (χ1v) is 9.59. The van der Waals surface area contributed by atoms with Crippen LogP contribution in [0.1, 0.15) is 28.7 Å². The van der Waals surface area contributed by atoms with Gasteiger partial charge in [-0.25, -0.2) is 4.98 Å². The maximum Gasteiger partial charge on any atom is 0.293 e. The van der Waals surface area contributed by atoms with Gasteiger partial charge in [-0.15, -0.1) is 11.3 Å². The van der Waals surface area contributed by atoms with Crippen LogP contribution in [-0.2, 0) is 17.6 Å². The number of halogens is 1. The third-order valence-corrected chi connectivity index (χ3v) is 4.93. The van der Waals surface area contributed by atoms with Crippen molar-refractivity contribution in [3.8, 4) is 0 Å². The first kappa shape index (κ1) is 19.1. The van der Waals surface area contributed by atoms with Gasteiger partial charge in [-0.3, -0.25) is 14.9 Å². The molecule has 3 aromatic rings. The van der Waals surface area contributed by atoms with E-state index in [2.05, 4.69) is 15.6 Å². The minimum absolute atomic E-state index is 0.0610. The van der Waals surface area contributed by atoms with Crippen LogP contribution in [-0.4, -0.2) is 22.8 Å². The molecule has 140 valence electrons. The molecule has 0 radical (unpaired) electrons. The van der Waals surface area contributed by atoms with Gasteiger partial charge in [-0.05, 0) is 37.1 Å². The molecule has 2 heterocycles. The number of thiazole rings is 1. The minimum atomic E-state index is -0.376. The number of rotatable bonds is 7. The monoisotopic (exact) mass is 403 g/mol. The number of benzene rings is 1. The number of nitrogens with zero attached hydrogens (tertiary/aromatic N) is 1. The molecule has 0 bridgehead atoms. The molecule has 0 saturated carbocycles. The SMILES string of the molecule is C[C@H](Cc1ccccc1Cl)NC(=O)Cc1csc(NC(=O)c2ccco2)n1. The number of carbonyl (C=O) groups excluding carboxylic acids is 2. The molecule has 1 atom stereocenters. The van der Waals surface area contributed by atoms with Crippen molar-refractivity contribution in [2.45, 2.75) is 25.8 Å². The maximum absolute atomic E-state index is 12.2. The van der Waals surface area contributed by atoms with Crippen molar-refractivity contribution in [1.82, 2.24) is 10.3 Å². The van der Waals surface area contributed by atoms with Gasteiger partial charge in [0.1, 0.15) is 0 Å². The summed E-state index contributed by atoms with van der Waals surface area (Å²) >= 11 is 7.41. The Balaban J connectivity index is 1.50. The van der Waals surface area contributed by atoms with Crippen molar-refractivity contribution in [3.05, 3.63) is 70.1 Å². The van der Waals surface area contributed by atoms with Gasteiger partial charge in [0.2, 0.25) is 5.91 Å². The van der Waals surface area contributed by atoms with Crippen LogP contribution in [0.4, 0.5) is 5.13 Å². The van der Waals surface area contributed by atoms with E-state index in [1.165, 1.54) is 17.6 Å². The highest BCUT2D eigenvalue weighted by molar-refractivity contribution is 7.14. The lowest BCUT2D eigenvalue weighted by Gasteiger charge is -2.14. The summed E-state index contributed by atoms with van der Waals surface area (Å²) in [5, 5.41) is 8.44. The summed E-state index contributed by atoms with van der Waals surface area (Å²) in [5.74, 6) is -0.305. The molecule has 1 aromatic carbocycles. The summed E-state index contributed by atoms with van der Waals surface area (Å²) in [6, 6.07) is 10.7. The van der Waals surface area contributed by atoms with E-state index in [0.717, 1.165) is 5.56 Å². The quantitative estimate of drug-likeness (QED) is 0.626. The third-order valence-electron chi connectivity index (χ3n) is 3.75. The lowest BCUT2D eigenvalue weighted by atomic mass is 10.1. The predicted octanol–water partition coefficient (Wildman–Crippen LogP) is 3.93. The Hall–Kier alpha value is -2.64. The zero-order chi connectivity index (χ0) is 19.2. The molecule has 2 aromatic heterocycles. The average Bonchev–Trinajstić information content (AvgIpc) is 3.29. The van der Waals surface area contributed by atoms with Crippen LogP contribution in [0.15, 0.2) is 52.5 Å². The second kappa shape index (κ2) is 8.83. The first-order valence-electron chi connectivity index (χ1n) is 8.33. The van der Waals surface area contributed by atoms with Crippen molar-refractivity contribution >= 4 is 39.9 Å². The summed E-state index contributed by atoms with van der Waals surface area (Å²) in [5.41, 5.74) is 1.58. The molecule has 6 nitrogen and oxygen atoms in total. The predicted molar refractivity (Wildman–Crippen MR) is 105 cm³/mol. The zero-order valence-corrected chi connectivity index (χ0v) is 16.1. The molecular weight excluding hydrogens is 386 g/mol. The number of amides is 2. The maximum atomic E-state index is 12.2. The molecule has 0 spiro atoms. The van der Waals surface area contributed by atoms with Crippen molar-refractivity contribution in [1.29, 1.82) is 0 Å². The molecule has 2 amide bonds. The van der Waals surface area contributed by atoms with Crippen molar-refractivity contribution < 1.29 is 14.0 Å². The van der Waals surface area contributed by atoms with Gasteiger partial charge >= 0.3 is 0 Å². The molecular formula is C19H18ClN3O3S. The number of hydrogen-bond donors (Lipinski definition) is 2. The van der Waals surface area contributed by atoms with Gasteiger partial charge in [0.15, 0.2) is 10.9 Å². The van der Waals surface area contributed by atoms with Crippen LogP contribution >= 0.6 is 22.9 Å². The number of furan rings is 1. The Morgan fingerprint density at radius 3 is 2.81 bits per heavy atom. The largest absolute Gasteiger partial charge is 0.459 e. The van der Waals surface area contributed by atoms with Gasteiger partial charge in [-0.2, -0.15) is 0 Å². The normalized spacial score (nSPS) is 11.8. The van der Waals surface area contributed by atoms with Crippen LogP contribution in [0.5, 0.6) is 0 Å². The molecule has 0 saturated heterocycles. The number of anilines is 1. The summed E-state index contributed by atoms with van der Waals surface area (Å²) < 4.78 is 5.03. The van der Waals surface area contributed by atoms with Crippen molar-refractivity contribution in [3.63, 3.8) is 0 Å². The Morgan fingerprint density at radius 2 is 2.07 bits per heavy atom. The Kier molecular flexibility index (Phi) is 6.26. The number of carbonyl (C=O) groups is 2. The molecule has 0 fully saturated rings. The highest BCUT2D eigenvalue weighted by Crippen LogP contribution is 2.18. The summed E-state index contributed by atoms with van der Waals surface area (Å²) in [4.78, 5) is 28.4. The Morgan fingerprint density at radius 1 is 1.26 bits per heavy atom. The lowest BCUT2D eigenvalue weighted by molar-refractivity contribution is -0.121. The van der Waals surface area contributed by atoms with E-state index in [1.54, 1.807) is 17.5 Å². The Labute approximate surface area is 165 Å². The zero-order valence-electron chi connectivity index (χ0n) is 14.6. The fraction of sp³-hybridized carbons (Fsp3) is 0.211. The molecule has 2 N–H and O–H groups in total. The average molecular weight is 404 g/mol. The van der Waals surface area contributed by atoms with E-state index < -0.39 is 0 Å². The van der Waals surface area contributed by atoms with Crippen LogP contribution in [0.2, 0.25) is 5.02 Å². The summed E-state index contributed by atoms with van der Waals surface area (Å²) in [6.07, 6.45) is 2.21. The number of aromatic nitrogens is 1. The summed E-state index contributed by atoms with van der Waals surface area (Å²) in [7, 11) is 0. The highest BCUT2D eigenvalue weighted by Gasteiger charge is 2.14. The molecule has 0 aliphatic rings. The summed E-state index contributed by atoms with van der Waals surface area (Å²) in [6.45, 7) is 1.93. The number of hydrogen-bond acceptors (Lipinski definition) is 5. The van der Waals surface area contributed by atoms with E-state index in [9.17, 15) is 9.59 Å². The molecule has 27 heavy (non-hydrogen) atoms. The topological polar surface area (TPSA) is 84.2 Å². The smallest absolute Gasteiger partial charge is 0.293 e. The van der Waals surface area contributed by atoms with E-state index in [4.69, 9.17) is 16.0 Å². The first-order chi connectivity index (χ1) is 13.0. The van der Waals surface area contributed by atoms with E-state index in [1.807, 2.05) is 31.2 Å². The van der Waals surface area contributed by atoms with Gasteiger partial charge in [0.25, 0.3) is 5.91 Å². The lowest BCUT2D eigenvalue weighted by Crippen LogP contribution is -2.35. The fourth-order valence-electron chi connectivity index (χ4n) is 2.55. The third kappa shape index (κ3) is 5.42. The molecule has 0 unspecified atom stereocenters. The van der Waals surface area contributed by atoms with Crippen molar-refractivity contribution in [2.75, 3.05) is 5.32 Å². The molecule has 3 rings (SSSR count). The van der Waals surface area contributed by atoms with E-state index in [0.29, 0.717) is 22.3 Å². The molecule has 8 heteroatoms. The second-order valence-corrected chi connectivity index (χ2v) is 7.28. The standard InChI is InChI=1S/C19H18ClN3O3S/c1-12(9-13-5-2-3-6-15(13)20)21-17(24)10-14-11-27-19(22-14)23-18(25)16-7-4-8-26-16/h2-8,11-12H,9-10H2,1H3,(H,21,24)(H,22,23,25)/t12-/m1/s1. The van der Waals surface area contributed by atoms with Crippen LogP contribution in [0, 0.1) is 0 Å². The Bertz CT molecular complexity index is 924. The molecule has 0 aliphatic heterocycles. The van der Waals surface area contributed by atoms with E-state index in [-0.39, 0.29) is 30.0 Å². The van der Waals surface area contributed by atoms with Crippen LogP contribution < -0.4 is 10.6 Å². The van der Waals surface area contributed by atoms with Crippen molar-refractivity contribution in [2.24, 2.45) is 0 Å². The van der Waals surface area contributed by atoms with Crippen LogP contribution in [0.25, 0.3) is 0 Å². The van der Waals surface area contributed by atoms with Crippen LogP contribution in [0.3, 0.4) is 0 Å². The second-order valence-electron chi connectivity index (χ2n) is 6.02. The van der Waals surface area contributed by atoms with E-state index >= 15 is 0 Å². The van der Waals surface area contributed by atoms with Gasteiger partial charge in [-0.1, -0.05) is 29.8 Å².